The van der Waals surface area contributed by atoms with Crippen LogP contribution in [0.3, 0.4) is 0 Å². The lowest BCUT2D eigenvalue weighted by molar-refractivity contribution is -0.148. The highest BCUT2D eigenvalue weighted by atomic mass is 32.2. The highest BCUT2D eigenvalue weighted by Crippen LogP contribution is 2.25. The van der Waals surface area contributed by atoms with Crippen LogP contribution in [0.15, 0.2) is 0 Å². The van der Waals surface area contributed by atoms with E-state index < -0.39 is 0 Å². The molecule has 0 aromatic rings. The number of thioether (sulfide) groups is 1. The second-order valence-corrected chi connectivity index (χ2v) is 7.10. The molecule has 0 radical (unpaired) electrons. The van der Waals surface area contributed by atoms with Crippen LogP contribution in [0.25, 0.3) is 0 Å². The highest BCUT2D eigenvalue weighted by Gasteiger charge is 2.31. The van der Waals surface area contributed by atoms with Gasteiger partial charge in [-0.25, -0.2) is 0 Å². The maximum absolute atomic E-state index is 12.6. The summed E-state index contributed by atoms with van der Waals surface area (Å²) in [6.45, 7) is 3.93. The molecule has 0 unspecified atom stereocenters. The molecule has 1 aliphatic carbocycles. The summed E-state index contributed by atoms with van der Waals surface area (Å²) in [7, 11) is 0. The zero-order chi connectivity index (χ0) is 14.4. The number of nitrogens with zero attached hydrogens (tertiary/aromatic N) is 1. The number of likely N-dealkylation sites (tertiary alicyclic amines) is 1. The third kappa shape index (κ3) is 4.39. The lowest BCUT2D eigenvalue weighted by Crippen LogP contribution is -2.41. The van der Waals surface area contributed by atoms with E-state index >= 15 is 0 Å². The van der Waals surface area contributed by atoms with Crippen LogP contribution in [0.5, 0.6) is 0 Å². The number of ether oxygens (including phenoxy) is 1. The molecule has 20 heavy (non-hydrogen) atoms. The minimum atomic E-state index is -0.203. The molecule has 1 heterocycles. The van der Waals surface area contributed by atoms with Crippen molar-refractivity contribution >= 4 is 17.7 Å². The Labute approximate surface area is 127 Å². The van der Waals surface area contributed by atoms with Gasteiger partial charge in [-0.3, -0.25) is 4.79 Å². The summed E-state index contributed by atoms with van der Waals surface area (Å²) in [5.41, 5.74) is 0. The number of carbonyl (C=O) groups is 1. The number of carbonyl (C=O) groups excluding carboxylic acids is 1. The molecule has 2 fully saturated rings. The van der Waals surface area contributed by atoms with E-state index in [1.807, 2.05) is 16.7 Å². The van der Waals surface area contributed by atoms with Crippen LogP contribution in [0, 0.1) is 5.92 Å². The first-order valence-corrected chi connectivity index (χ1v) is 9.57. The maximum atomic E-state index is 12.6. The average Bonchev–Trinajstić information content (AvgIpc) is 2.94. The minimum absolute atomic E-state index is 0.203. The lowest BCUT2D eigenvalue weighted by atomic mass is 9.97. The smallest absolute Gasteiger partial charge is 0.251 e. The molecule has 4 heteroatoms. The van der Waals surface area contributed by atoms with E-state index in [4.69, 9.17) is 4.74 Å². The Morgan fingerprint density at radius 2 is 2.05 bits per heavy atom. The second-order valence-electron chi connectivity index (χ2n) is 6.19. The predicted octanol–water partition coefficient (Wildman–Crippen LogP) is 3.33. The maximum Gasteiger partial charge on any atom is 0.251 e. The molecule has 2 aliphatic rings. The van der Waals surface area contributed by atoms with Gasteiger partial charge in [-0.1, -0.05) is 26.2 Å². The van der Waals surface area contributed by atoms with Crippen molar-refractivity contribution in [2.75, 3.05) is 25.1 Å². The third-order valence-corrected chi connectivity index (χ3v) is 5.36. The Kier molecular flexibility index (Phi) is 6.69. The molecule has 3 nitrogen and oxygen atoms in total. The molecule has 2 rings (SSSR count). The molecular weight excluding hydrogens is 270 g/mol. The number of amides is 1. The summed E-state index contributed by atoms with van der Waals surface area (Å²) in [6, 6.07) is 0. The highest BCUT2D eigenvalue weighted by molar-refractivity contribution is 7.98. The topological polar surface area (TPSA) is 29.5 Å². The van der Waals surface area contributed by atoms with E-state index in [0.29, 0.717) is 12.0 Å². The monoisotopic (exact) mass is 299 g/mol. The molecular formula is C16H29NO2S. The zero-order valence-electron chi connectivity index (χ0n) is 13.0. The average molecular weight is 299 g/mol. The fraction of sp³-hybridized carbons (Fsp3) is 0.938. The van der Waals surface area contributed by atoms with Crippen LogP contribution >= 0.6 is 11.8 Å². The molecule has 1 amide bonds. The summed E-state index contributed by atoms with van der Waals surface area (Å²) in [5, 5.41) is 0. The van der Waals surface area contributed by atoms with Gasteiger partial charge in [-0.2, -0.15) is 11.8 Å². The summed E-state index contributed by atoms with van der Waals surface area (Å²) in [4.78, 5) is 14.6. The summed E-state index contributed by atoms with van der Waals surface area (Å²) in [6.07, 6.45) is 10.3. The van der Waals surface area contributed by atoms with Gasteiger partial charge in [0.2, 0.25) is 0 Å². The fourth-order valence-electron chi connectivity index (χ4n) is 3.37. The molecule has 116 valence electrons. The SMILES string of the molecule is CC[C@@H](OC1CCCCC1)C(=O)N1CC[C@@H](CSC)C1. The van der Waals surface area contributed by atoms with Crippen LogP contribution < -0.4 is 0 Å². The number of hydrogen-bond acceptors (Lipinski definition) is 3. The normalized spacial score (nSPS) is 25.9. The number of rotatable bonds is 6. The Morgan fingerprint density at radius 3 is 2.70 bits per heavy atom. The fourth-order valence-corrected chi connectivity index (χ4v) is 4.11. The van der Waals surface area contributed by atoms with E-state index in [2.05, 4.69) is 13.2 Å². The van der Waals surface area contributed by atoms with Crippen LogP contribution in [0.4, 0.5) is 0 Å². The first kappa shape index (κ1) is 16.2. The second kappa shape index (κ2) is 8.28. The van der Waals surface area contributed by atoms with Crippen molar-refractivity contribution in [3.63, 3.8) is 0 Å². The van der Waals surface area contributed by atoms with Crippen molar-refractivity contribution in [1.29, 1.82) is 0 Å². The van der Waals surface area contributed by atoms with Gasteiger partial charge in [0.25, 0.3) is 5.91 Å². The van der Waals surface area contributed by atoms with Crippen molar-refractivity contribution in [3.05, 3.63) is 0 Å². The van der Waals surface area contributed by atoms with Gasteiger partial charge >= 0.3 is 0 Å². The largest absolute Gasteiger partial charge is 0.365 e. The molecule has 0 N–H and O–H groups in total. The van der Waals surface area contributed by atoms with E-state index in [0.717, 1.165) is 38.8 Å². The van der Waals surface area contributed by atoms with Gasteiger partial charge in [-0.05, 0) is 43.6 Å². The first-order valence-electron chi connectivity index (χ1n) is 8.17. The Bertz CT molecular complexity index is 305. The zero-order valence-corrected chi connectivity index (χ0v) is 13.8. The molecule has 0 bridgehead atoms. The van der Waals surface area contributed by atoms with E-state index in [-0.39, 0.29) is 12.0 Å². The lowest BCUT2D eigenvalue weighted by Gasteiger charge is -2.29. The standard InChI is InChI=1S/C16H29NO2S/c1-3-15(19-14-7-5-4-6-8-14)16(18)17-10-9-13(11-17)12-20-2/h13-15H,3-12H2,1-2H3/t13-,15-/m1/s1. The minimum Gasteiger partial charge on any atom is -0.365 e. The quantitative estimate of drug-likeness (QED) is 0.753. The van der Waals surface area contributed by atoms with Crippen molar-refractivity contribution in [2.24, 2.45) is 5.92 Å². The van der Waals surface area contributed by atoms with Crippen LogP contribution in [-0.4, -0.2) is 48.1 Å². The van der Waals surface area contributed by atoms with Gasteiger partial charge < -0.3 is 9.64 Å². The molecule has 0 aromatic heterocycles. The van der Waals surface area contributed by atoms with Gasteiger partial charge in [0, 0.05) is 13.1 Å². The van der Waals surface area contributed by atoms with Crippen molar-refractivity contribution in [2.45, 2.75) is 64.1 Å². The van der Waals surface area contributed by atoms with Gasteiger partial charge in [0.15, 0.2) is 0 Å². The molecule has 1 saturated heterocycles. The molecule has 0 aromatic carbocycles. The predicted molar refractivity (Wildman–Crippen MR) is 85.1 cm³/mol. The first-order chi connectivity index (χ1) is 9.74. The molecule has 0 spiro atoms. The number of hydrogen-bond donors (Lipinski definition) is 0. The Balaban J connectivity index is 1.82. The van der Waals surface area contributed by atoms with E-state index in [1.165, 1.54) is 25.0 Å². The summed E-state index contributed by atoms with van der Waals surface area (Å²) >= 11 is 1.89. The molecule has 2 atom stereocenters. The molecule has 1 saturated carbocycles. The van der Waals surface area contributed by atoms with Gasteiger partial charge in [0.1, 0.15) is 6.10 Å². The molecule has 1 aliphatic heterocycles. The van der Waals surface area contributed by atoms with Crippen molar-refractivity contribution in [3.8, 4) is 0 Å². The van der Waals surface area contributed by atoms with E-state index in [1.54, 1.807) is 0 Å². The van der Waals surface area contributed by atoms with Crippen LogP contribution in [0.1, 0.15) is 51.9 Å². The van der Waals surface area contributed by atoms with Gasteiger partial charge in [-0.15, -0.1) is 0 Å². The summed E-state index contributed by atoms with van der Waals surface area (Å²) < 4.78 is 6.11. The van der Waals surface area contributed by atoms with Crippen molar-refractivity contribution < 1.29 is 9.53 Å². The van der Waals surface area contributed by atoms with E-state index in [9.17, 15) is 4.79 Å². The third-order valence-electron chi connectivity index (χ3n) is 4.56. The summed E-state index contributed by atoms with van der Waals surface area (Å²) in [5.74, 6) is 2.09. The Morgan fingerprint density at radius 1 is 1.30 bits per heavy atom. The van der Waals surface area contributed by atoms with Gasteiger partial charge in [0.05, 0.1) is 6.10 Å². The van der Waals surface area contributed by atoms with Crippen LogP contribution in [0.2, 0.25) is 0 Å². The van der Waals surface area contributed by atoms with Crippen molar-refractivity contribution in [1.82, 2.24) is 4.90 Å². The van der Waals surface area contributed by atoms with Crippen LogP contribution in [-0.2, 0) is 9.53 Å². The Hall–Kier alpha value is -0.220.